The molecule has 1 aromatic heterocycles. The summed E-state index contributed by atoms with van der Waals surface area (Å²) in [5.41, 5.74) is 0. The van der Waals surface area contributed by atoms with Crippen LogP contribution >= 0.6 is 11.3 Å². The monoisotopic (exact) mass is 237 g/mol. The van der Waals surface area contributed by atoms with E-state index < -0.39 is 0 Å². The Morgan fingerprint density at radius 2 is 2.00 bits per heavy atom. The van der Waals surface area contributed by atoms with E-state index in [9.17, 15) is 9.59 Å². The van der Waals surface area contributed by atoms with Crippen molar-refractivity contribution < 1.29 is 9.59 Å². The number of nitrogens with one attached hydrogen (secondary N) is 1. The van der Waals surface area contributed by atoms with Crippen molar-refractivity contribution in [2.75, 3.05) is 0 Å². The lowest BCUT2D eigenvalue weighted by molar-refractivity contribution is 0.0939. The van der Waals surface area contributed by atoms with Gasteiger partial charge in [-0.05, 0) is 44.7 Å². The largest absolute Gasteiger partial charge is 0.349 e. The predicted molar refractivity (Wildman–Crippen MR) is 64.0 cm³/mol. The first kappa shape index (κ1) is 11.3. The third kappa shape index (κ3) is 2.50. The standard InChI is InChI=1S/C12H15NO2S/c1-7(9-3-4-9)13-12(15)11-6-5-10(16-11)8(2)14/h5-7,9H,3-4H2,1-2H3,(H,13,15). The van der Waals surface area contributed by atoms with Crippen LogP contribution in [0.1, 0.15) is 46.0 Å². The molecule has 0 aliphatic heterocycles. The Labute approximate surface area is 98.9 Å². The van der Waals surface area contributed by atoms with Gasteiger partial charge in [0, 0.05) is 6.04 Å². The average Bonchev–Trinajstić information content (AvgIpc) is 2.95. The van der Waals surface area contributed by atoms with Crippen LogP contribution in [0.3, 0.4) is 0 Å². The number of rotatable bonds is 4. The van der Waals surface area contributed by atoms with Gasteiger partial charge in [0.1, 0.15) is 0 Å². The zero-order valence-corrected chi connectivity index (χ0v) is 10.3. The Morgan fingerprint density at radius 3 is 2.50 bits per heavy atom. The maximum atomic E-state index is 11.8. The maximum absolute atomic E-state index is 11.8. The van der Waals surface area contributed by atoms with E-state index in [0.717, 1.165) is 0 Å². The fraction of sp³-hybridized carbons (Fsp3) is 0.500. The van der Waals surface area contributed by atoms with Gasteiger partial charge in [-0.25, -0.2) is 0 Å². The summed E-state index contributed by atoms with van der Waals surface area (Å²) in [6.45, 7) is 3.55. The van der Waals surface area contributed by atoms with Gasteiger partial charge in [-0.15, -0.1) is 11.3 Å². The summed E-state index contributed by atoms with van der Waals surface area (Å²) in [7, 11) is 0. The first-order chi connectivity index (χ1) is 7.58. The Kier molecular flexibility index (Phi) is 3.10. The fourth-order valence-electron chi connectivity index (χ4n) is 1.64. The molecule has 1 atom stereocenters. The molecule has 3 nitrogen and oxygen atoms in total. The Hall–Kier alpha value is -1.16. The molecule has 16 heavy (non-hydrogen) atoms. The van der Waals surface area contributed by atoms with Crippen LogP contribution in [0.15, 0.2) is 12.1 Å². The van der Waals surface area contributed by atoms with Gasteiger partial charge < -0.3 is 5.32 Å². The summed E-state index contributed by atoms with van der Waals surface area (Å²) in [6.07, 6.45) is 2.43. The number of carbonyl (C=O) groups is 2. The molecule has 4 heteroatoms. The lowest BCUT2D eigenvalue weighted by atomic mass is 10.2. The van der Waals surface area contributed by atoms with Crippen LogP contribution in [0, 0.1) is 5.92 Å². The Balaban J connectivity index is 1.99. The molecular formula is C12H15NO2S. The van der Waals surface area contributed by atoms with Crippen molar-refractivity contribution in [2.24, 2.45) is 5.92 Å². The van der Waals surface area contributed by atoms with E-state index in [2.05, 4.69) is 5.32 Å². The molecule has 1 aliphatic rings. The molecule has 1 unspecified atom stereocenters. The second-order valence-electron chi connectivity index (χ2n) is 4.32. The topological polar surface area (TPSA) is 46.2 Å². The van der Waals surface area contributed by atoms with E-state index in [1.54, 1.807) is 12.1 Å². The lowest BCUT2D eigenvalue weighted by Crippen LogP contribution is -2.33. The SMILES string of the molecule is CC(=O)c1ccc(C(=O)NC(C)C2CC2)s1. The number of Topliss-reactive ketones (excluding diaryl/α,β-unsaturated/α-hetero) is 1. The molecule has 1 amide bonds. The van der Waals surface area contributed by atoms with E-state index in [1.165, 1.54) is 31.1 Å². The first-order valence-corrected chi connectivity index (χ1v) is 6.31. The van der Waals surface area contributed by atoms with Crippen LogP contribution in [0.4, 0.5) is 0 Å². The first-order valence-electron chi connectivity index (χ1n) is 5.49. The van der Waals surface area contributed by atoms with E-state index in [-0.39, 0.29) is 17.7 Å². The highest BCUT2D eigenvalue weighted by Gasteiger charge is 2.29. The van der Waals surface area contributed by atoms with Crippen LogP contribution in [0.2, 0.25) is 0 Å². The molecule has 0 aromatic carbocycles. The van der Waals surface area contributed by atoms with Gasteiger partial charge in [-0.2, -0.15) is 0 Å². The van der Waals surface area contributed by atoms with Gasteiger partial charge in [0.15, 0.2) is 5.78 Å². The third-order valence-corrected chi connectivity index (χ3v) is 4.05. The molecule has 1 fully saturated rings. The number of hydrogen-bond acceptors (Lipinski definition) is 3. The van der Waals surface area contributed by atoms with Crippen LogP contribution in [-0.2, 0) is 0 Å². The van der Waals surface area contributed by atoms with Crippen LogP contribution in [0.25, 0.3) is 0 Å². The zero-order chi connectivity index (χ0) is 11.7. The summed E-state index contributed by atoms with van der Waals surface area (Å²) < 4.78 is 0. The smallest absolute Gasteiger partial charge is 0.261 e. The van der Waals surface area contributed by atoms with Crippen molar-refractivity contribution >= 4 is 23.0 Å². The third-order valence-electron chi connectivity index (χ3n) is 2.86. The zero-order valence-electron chi connectivity index (χ0n) is 9.45. The number of amides is 1. The average molecular weight is 237 g/mol. The van der Waals surface area contributed by atoms with Gasteiger partial charge in [0.25, 0.3) is 5.91 Å². The second kappa shape index (κ2) is 4.37. The molecule has 0 saturated heterocycles. The minimum absolute atomic E-state index is 0.0132. The van der Waals surface area contributed by atoms with E-state index in [4.69, 9.17) is 0 Å². The lowest BCUT2D eigenvalue weighted by Gasteiger charge is -2.11. The van der Waals surface area contributed by atoms with E-state index in [1.807, 2.05) is 6.92 Å². The Bertz CT molecular complexity index is 420. The van der Waals surface area contributed by atoms with E-state index in [0.29, 0.717) is 15.7 Å². The number of hydrogen-bond donors (Lipinski definition) is 1. The van der Waals surface area contributed by atoms with Crippen molar-refractivity contribution in [3.05, 3.63) is 21.9 Å². The highest BCUT2D eigenvalue weighted by Crippen LogP contribution is 2.32. The van der Waals surface area contributed by atoms with Crippen LogP contribution in [-0.4, -0.2) is 17.7 Å². The molecule has 1 heterocycles. The van der Waals surface area contributed by atoms with Crippen molar-refractivity contribution in [3.8, 4) is 0 Å². The van der Waals surface area contributed by atoms with Gasteiger partial charge >= 0.3 is 0 Å². The van der Waals surface area contributed by atoms with Crippen molar-refractivity contribution in [1.29, 1.82) is 0 Å². The van der Waals surface area contributed by atoms with Gasteiger partial charge in [-0.3, -0.25) is 9.59 Å². The number of carbonyl (C=O) groups excluding carboxylic acids is 2. The van der Waals surface area contributed by atoms with Crippen molar-refractivity contribution in [2.45, 2.75) is 32.7 Å². The normalized spacial score (nSPS) is 16.9. The molecule has 0 radical (unpaired) electrons. The summed E-state index contributed by atoms with van der Waals surface area (Å²) in [5.74, 6) is 0.604. The maximum Gasteiger partial charge on any atom is 0.261 e. The van der Waals surface area contributed by atoms with Crippen molar-refractivity contribution in [3.63, 3.8) is 0 Å². The highest BCUT2D eigenvalue weighted by atomic mass is 32.1. The summed E-state index contributed by atoms with van der Waals surface area (Å²) in [5, 5.41) is 2.97. The number of thiophene rings is 1. The molecule has 86 valence electrons. The minimum Gasteiger partial charge on any atom is -0.349 e. The summed E-state index contributed by atoms with van der Waals surface area (Å²) >= 11 is 1.26. The number of ketones is 1. The molecule has 0 spiro atoms. The fourth-order valence-corrected chi connectivity index (χ4v) is 2.45. The quantitative estimate of drug-likeness (QED) is 0.818. The molecular weight excluding hydrogens is 222 g/mol. The predicted octanol–water partition coefficient (Wildman–Crippen LogP) is 2.48. The molecule has 1 saturated carbocycles. The van der Waals surface area contributed by atoms with Crippen LogP contribution < -0.4 is 5.32 Å². The Morgan fingerprint density at radius 1 is 1.38 bits per heavy atom. The molecule has 1 aromatic rings. The molecule has 1 aliphatic carbocycles. The highest BCUT2D eigenvalue weighted by molar-refractivity contribution is 7.15. The van der Waals surface area contributed by atoms with Gasteiger partial charge in [0.2, 0.25) is 0 Å². The molecule has 1 N–H and O–H groups in total. The summed E-state index contributed by atoms with van der Waals surface area (Å²) in [4.78, 5) is 24.2. The minimum atomic E-state index is -0.0584. The summed E-state index contributed by atoms with van der Waals surface area (Å²) in [6, 6.07) is 3.68. The van der Waals surface area contributed by atoms with Crippen LogP contribution in [0.5, 0.6) is 0 Å². The van der Waals surface area contributed by atoms with Gasteiger partial charge in [0.05, 0.1) is 9.75 Å². The van der Waals surface area contributed by atoms with Crippen molar-refractivity contribution in [1.82, 2.24) is 5.32 Å². The molecule has 2 rings (SSSR count). The second-order valence-corrected chi connectivity index (χ2v) is 5.40. The molecule has 0 bridgehead atoms. The van der Waals surface area contributed by atoms with Gasteiger partial charge in [-0.1, -0.05) is 0 Å². The van der Waals surface area contributed by atoms with E-state index >= 15 is 0 Å².